The van der Waals surface area contributed by atoms with Gasteiger partial charge < -0.3 is 0 Å². The summed E-state index contributed by atoms with van der Waals surface area (Å²) in [5.41, 5.74) is 1.27. The van der Waals surface area contributed by atoms with E-state index in [-0.39, 0.29) is 0 Å². The van der Waals surface area contributed by atoms with Gasteiger partial charge in [-0.15, -0.1) is 0 Å². The number of hydrogen-bond donors (Lipinski definition) is 0. The first-order chi connectivity index (χ1) is 7.29. The molecule has 1 fully saturated rings. The lowest BCUT2D eigenvalue weighted by Gasteiger charge is -2.18. The summed E-state index contributed by atoms with van der Waals surface area (Å²) in [5.74, 6) is 0. The van der Waals surface area contributed by atoms with E-state index in [1.165, 1.54) is 18.4 Å². The summed E-state index contributed by atoms with van der Waals surface area (Å²) < 4.78 is 1.10. The van der Waals surface area contributed by atoms with Crippen LogP contribution in [0.15, 0.2) is 28.7 Å². The number of rotatable bonds is 4. The van der Waals surface area contributed by atoms with Gasteiger partial charge >= 0.3 is 0 Å². The Hall–Kier alpha value is -0.850. The number of halogens is 1. The highest BCUT2D eigenvalue weighted by atomic mass is 79.9. The van der Waals surface area contributed by atoms with E-state index in [0.717, 1.165) is 11.0 Å². The minimum absolute atomic E-state index is 0.539. The molecule has 1 aliphatic rings. The Balaban J connectivity index is 2.02. The molecule has 15 heavy (non-hydrogen) atoms. The predicted molar refractivity (Wildman–Crippen MR) is 63.2 cm³/mol. The van der Waals surface area contributed by atoms with Gasteiger partial charge in [-0.3, -0.25) is 4.90 Å². The zero-order chi connectivity index (χ0) is 10.7. The fourth-order valence-corrected chi connectivity index (χ4v) is 2.16. The monoisotopic (exact) mass is 264 g/mol. The summed E-state index contributed by atoms with van der Waals surface area (Å²) >= 11 is 3.46. The molecular formula is C12H13BrN2. The number of hydrogen-bond acceptors (Lipinski definition) is 2. The quantitative estimate of drug-likeness (QED) is 0.782. The van der Waals surface area contributed by atoms with Crippen LogP contribution in [0.1, 0.15) is 18.4 Å². The SMILES string of the molecule is N#CCN(Cc1cccc(Br)c1)C1CC1. The molecule has 2 rings (SSSR count). The summed E-state index contributed by atoms with van der Waals surface area (Å²) in [4.78, 5) is 2.25. The molecule has 0 unspecified atom stereocenters. The molecule has 78 valence electrons. The molecule has 2 nitrogen and oxygen atoms in total. The summed E-state index contributed by atoms with van der Waals surface area (Å²) in [6.07, 6.45) is 2.49. The Morgan fingerprint density at radius 1 is 1.47 bits per heavy atom. The van der Waals surface area contributed by atoms with Crippen LogP contribution in [0.4, 0.5) is 0 Å². The lowest BCUT2D eigenvalue weighted by atomic mass is 10.2. The molecule has 1 aliphatic carbocycles. The smallest absolute Gasteiger partial charge is 0.0871 e. The Morgan fingerprint density at radius 3 is 2.87 bits per heavy atom. The zero-order valence-corrected chi connectivity index (χ0v) is 10.1. The lowest BCUT2D eigenvalue weighted by Crippen LogP contribution is -2.25. The van der Waals surface area contributed by atoms with Crippen molar-refractivity contribution in [3.63, 3.8) is 0 Å². The minimum Gasteiger partial charge on any atom is -0.283 e. The normalized spacial score (nSPS) is 15.3. The van der Waals surface area contributed by atoms with Crippen molar-refractivity contribution in [3.8, 4) is 6.07 Å². The fourth-order valence-electron chi connectivity index (χ4n) is 1.71. The largest absolute Gasteiger partial charge is 0.283 e. The Kier molecular flexibility index (Phi) is 3.40. The van der Waals surface area contributed by atoms with Crippen molar-refractivity contribution in [2.24, 2.45) is 0 Å². The second-order valence-electron chi connectivity index (χ2n) is 3.92. The molecule has 1 saturated carbocycles. The molecule has 0 spiro atoms. The third kappa shape index (κ3) is 3.05. The van der Waals surface area contributed by atoms with Gasteiger partial charge in [-0.1, -0.05) is 28.1 Å². The van der Waals surface area contributed by atoms with Gasteiger partial charge in [-0.05, 0) is 30.5 Å². The third-order valence-corrected chi connectivity index (χ3v) is 3.11. The third-order valence-electron chi connectivity index (χ3n) is 2.61. The van der Waals surface area contributed by atoms with Crippen LogP contribution in [0.3, 0.4) is 0 Å². The van der Waals surface area contributed by atoms with Gasteiger partial charge in [-0.2, -0.15) is 5.26 Å². The molecule has 0 aliphatic heterocycles. The first kappa shape index (κ1) is 10.7. The Morgan fingerprint density at radius 2 is 2.27 bits per heavy atom. The van der Waals surface area contributed by atoms with Crippen molar-refractivity contribution in [3.05, 3.63) is 34.3 Å². The van der Waals surface area contributed by atoms with Gasteiger partial charge in [0.2, 0.25) is 0 Å². The molecular weight excluding hydrogens is 252 g/mol. The van der Waals surface area contributed by atoms with Crippen molar-refractivity contribution in [1.82, 2.24) is 4.90 Å². The molecule has 0 amide bonds. The van der Waals surface area contributed by atoms with Crippen molar-refractivity contribution in [2.45, 2.75) is 25.4 Å². The first-order valence-corrected chi connectivity index (χ1v) is 5.94. The summed E-state index contributed by atoms with van der Waals surface area (Å²) in [6.45, 7) is 1.43. The molecule has 1 aromatic carbocycles. The minimum atomic E-state index is 0.539. The molecule has 0 saturated heterocycles. The lowest BCUT2D eigenvalue weighted by molar-refractivity contribution is 0.287. The van der Waals surface area contributed by atoms with E-state index in [9.17, 15) is 0 Å². The van der Waals surface area contributed by atoms with Crippen molar-refractivity contribution in [1.29, 1.82) is 5.26 Å². The fraction of sp³-hybridized carbons (Fsp3) is 0.417. The maximum Gasteiger partial charge on any atom is 0.0871 e. The van der Waals surface area contributed by atoms with Gasteiger partial charge in [0.15, 0.2) is 0 Å². The van der Waals surface area contributed by atoms with Crippen LogP contribution >= 0.6 is 15.9 Å². The zero-order valence-electron chi connectivity index (χ0n) is 8.49. The predicted octanol–water partition coefficient (Wildman–Crippen LogP) is 2.94. The van der Waals surface area contributed by atoms with Crippen LogP contribution in [-0.2, 0) is 6.54 Å². The average molecular weight is 265 g/mol. The highest BCUT2D eigenvalue weighted by molar-refractivity contribution is 9.10. The first-order valence-electron chi connectivity index (χ1n) is 5.15. The van der Waals surface area contributed by atoms with E-state index >= 15 is 0 Å². The van der Waals surface area contributed by atoms with E-state index in [0.29, 0.717) is 12.6 Å². The van der Waals surface area contributed by atoms with E-state index < -0.39 is 0 Å². The van der Waals surface area contributed by atoms with Gasteiger partial charge in [0.25, 0.3) is 0 Å². The standard InChI is InChI=1S/C12H13BrN2/c13-11-3-1-2-10(8-11)9-15(7-6-14)12-4-5-12/h1-3,8,12H,4-5,7,9H2. The van der Waals surface area contributed by atoms with Crippen molar-refractivity contribution < 1.29 is 0 Å². The summed E-state index contributed by atoms with van der Waals surface area (Å²) in [5, 5.41) is 8.75. The second-order valence-corrected chi connectivity index (χ2v) is 4.84. The maximum absolute atomic E-state index is 8.75. The van der Waals surface area contributed by atoms with Crippen LogP contribution < -0.4 is 0 Å². The number of benzene rings is 1. The number of nitriles is 1. The molecule has 0 heterocycles. The van der Waals surface area contributed by atoms with Crippen molar-refractivity contribution in [2.75, 3.05) is 6.54 Å². The highest BCUT2D eigenvalue weighted by Gasteiger charge is 2.28. The van der Waals surface area contributed by atoms with E-state index in [1.54, 1.807) is 0 Å². The average Bonchev–Trinajstić information content (AvgIpc) is 3.00. The molecule has 3 heteroatoms. The van der Waals surface area contributed by atoms with Crippen LogP contribution in [0.5, 0.6) is 0 Å². The molecule has 0 N–H and O–H groups in total. The molecule has 0 atom stereocenters. The molecule has 1 aromatic rings. The maximum atomic E-state index is 8.75. The summed E-state index contributed by atoms with van der Waals surface area (Å²) in [7, 11) is 0. The molecule has 0 bridgehead atoms. The topological polar surface area (TPSA) is 27.0 Å². The number of nitrogens with zero attached hydrogens (tertiary/aromatic N) is 2. The molecule has 0 aromatic heterocycles. The van der Waals surface area contributed by atoms with Gasteiger partial charge in [-0.25, -0.2) is 0 Å². The second kappa shape index (κ2) is 4.78. The van der Waals surface area contributed by atoms with Gasteiger partial charge in [0.05, 0.1) is 12.6 Å². The van der Waals surface area contributed by atoms with Crippen LogP contribution in [-0.4, -0.2) is 17.5 Å². The van der Waals surface area contributed by atoms with Gasteiger partial charge in [0.1, 0.15) is 0 Å². The Bertz CT molecular complexity index is 379. The van der Waals surface area contributed by atoms with Crippen LogP contribution in [0, 0.1) is 11.3 Å². The van der Waals surface area contributed by atoms with E-state index in [4.69, 9.17) is 5.26 Å². The Labute approximate surface area is 98.6 Å². The molecule has 0 radical (unpaired) electrons. The van der Waals surface area contributed by atoms with Gasteiger partial charge in [0, 0.05) is 17.1 Å². The highest BCUT2D eigenvalue weighted by Crippen LogP contribution is 2.28. The van der Waals surface area contributed by atoms with Crippen LogP contribution in [0.25, 0.3) is 0 Å². The van der Waals surface area contributed by atoms with E-state index in [1.807, 2.05) is 12.1 Å². The summed E-state index contributed by atoms with van der Waals surface area (Å²) in [6, 6.07) is 11.2. The van der Waals surface area contributed by atoms with Crippen LogP contribution in [0.2, 0.25) is 0 Å². The van der Waals surface area contributed by atoms with Crippen molar-refractivity contribution >= 4 is 15.9 Å². The van der Waals surface area contributed by atoms with E-state index in [2.05, 4.69) is 39.0 Å².